The second-order valence-corrected chi connectivity index (χ2v) is 4.85. The van der Waals surface area contributed by atoms with Crippen LogP contribution in [0.2, 0.25) is 0 Å². The number of amides is 1. The lowest BCUT2D eigenvalue weighted by Gasteiger charge is -2.20. The van der Waals surface area contributed by atoms with Crippen LogP contribution in [0.25, 0.3) is 0 Å². The van der Waals surface area contributed by atoms with Crippen molar-refractivity contribution in [2.45, 2.75) is 26.8 Å². The number of hydrogen-bond acceptors (Lipinski definition) is 5. The minimum Gasteiger partial charge on any atom is -0.493 e. The fourth-order valence-electron chi connectivity index (χ4n) is 1.84. The van der Waals surface area contributed by atoms with E-state index in [4.69, 9.17) is 4.74 Å². The van der Waals surface area contributed by atoms with E-state index in [-0.39, 0.29) is 36.1 Å². The van der Waals surface area contributed by atoms with E-state index in [0.29, 0.717) is 0 Å². The Balaban J connectivity index is 3.19. The normalized spacial score (nSPS) is 12.0. The summed E-state index contributed by atoms with van der Waals surface area (Å²) in [5.41, 5.74) is -0.442. The quantitative estimate of drug-likeness (QED) is 0.589. The summed E-state index contributed by atoms with van der Waals surface area (Å²) >= 11 is 0. The zero-order valence-electron chi connectivity index (χ0n) is 12.3. The summed E-state index contributed by atoms with van der Waals surface area (Å²) in [6.45, 7) is 5.45. The number of hydrogen-bond donors (Lipinski definition) is 2. The first-order valence-corrected chi connectivity index (χ1v) is 6.74. The fourth-order valence-corrected chi connectivity index (χ4v) is 1.84. The Hall–Kier alpha value is -2.15. The maximum atomic E-state index is 12.3. The highest BCUT2D eigenvalue weighted by atomic mass is 16.6. The van der Waals surface area contributed by atoms with Crippen LogP contribution in [0.4, 0.5) is 5.69 Å². The summed E-state index contributed by atoms with van der Waals surface area (Å²) in [5, 5.41) is 23.0. The Labute approximate surface area is 123 Å². The summed E-state index contributed by atoms with van der Waals surface area (Å²) in [6.07, 6.45) is 0. The highest BCUT2D eigenvalue weighted by Crippen LogP contribution is 2.28. The lowest BCUT2D eigenvalue weighted by molar-refractivity contribution is -0.385. The average Bonchev–Trinajstić information content (AvgIpc) is 2.44. The number of aliphatic hydroxyl groups is 1. The monoisotopic (exact) mass is 296 g/mol. The van der Waals surface area contributed by atoms with Gasteiger partial charge in [-0.3, -0.25) is 14.9 Å². The maximum absolute atomic E-state index is 12.3. The van der Waals surface area contributed by atoms with Gasteiger partial charge in [0.25, 0.3) is 11.6 Å². The van der Waals surface area contributed by atoms with Crippen molar-refractivity contribution in [3.05, 3.63) is 33.9 Å². The van der Waals surface area contributed by atoms with Crippen LogP contribution in [0.15, 0.2) is 18.2 Å². The Morgan fingerprint density at radius 2 is 2.14 bits per heavy atom. The van der Waals surface area contributed by atoms with E-state index >= 15 is 0 Å². The molecule has 0 spiro atoms. The van der Waals surface area contributed by atoms with Crippen LogP contribution in [-0.4, -0.2) is 35.2 Å². The fraction of sp³-hybridized carbons (Fsp3) is 0.500. The zero-order valence-corrected chi connectivity index (χ0v) is 12.3. The molecular formula is C14H20N2O5. The summed E-state index contributed by atoms with van der Waals surface area (Å²) < 4.78 is 5.30. The molecule has 0 aliphatic rings. The third-order valence-corrected chi connectivity index (χ3v) is 3.05. The van der Waals surface area contributed by atoms with Crippen molar-refractivity contribution >= 4 is 11.6 Å². The van der Waals surface area contributed by atoms with E-state index in [9.17, 15) is 20.0 Å². The molecule has 1 aromatic carbocycles. The van der Waals surface area contributed by atoms with Gasteiger partial charge >= 0.3 is 0 Å². The number of carbonyl (C=O) groups is 1. The molecule has 0 radical (unpaired) electrons. The van der Waals surface area contributed by atoms with Crippen molar-refractivity contribution < 1.29 is 19.6 Å². The Morgan fingerprint density at radius 1 is 1.48 bits per heavy atom. The standard InChI is InChI=1S/C14H20N2O5/c1-4-21-12-7-5-6-11(16(19)20)13(12)14(18)15-10(8-17)9(2)3/h5-7,9-10,17H,4,8H2,1-3H3,(H,15,18). The van der Waals surface area contributed by atoms with Crippen molar-refractivity contribution in [1.82, 2.24) is 5.32 Å². The number of nitrogens with zero attached hydrogens (tertiary/aromatic N) is 1. The van der Waals surface area contributed by atoms with E-state index in [1.807, 2.05) is 13.8 Å². The Kier molecular flexibility index (Phi) is 6.10. The molecule has 21 heavy (non-hydrogen) atoms. The number of rotatable bonds is 7. The van der Waals surface area contributed by atoms with Gasteiger partial charge in [-0.2, -0.15) is 0 Å². The first-order valence-electron chi connectivity index (χ1n) is 6.74. The molecular weight excluding hydrogens is 276 g/mol. The van der Waals surface area contributed by atoms with Gasteiger partial charge in [0.2, 0.25) is 0 Å². The molecule has 0 saturated heterocycles. The van der Waals surface area contributed by atoms with Gasteiger partial charge in [-0.1, -0.05) is 19.9 Å². The van der Waals surface area contributed by atoms with Crippen molar-refractivity contribution in [3.8, 4) is 5.75 Å². The Bertz CT molecular complexity index is 516. The van der Waals surface area contributed by atoms with Gasteiger partial charge in [0.1, 0.15) is 5.75 Å². The van der Waals surface area contributed by atoms with E-state index < -0.39 is 16.9 Å². The van der Waals surface area contributed by atoms with E-state index in [2.05, 4.69) is 5.32 Å². The highest BCUT2D eigenvalue weighted by Gasteiger charge is 2.27. The second-order valence-electron chi connectivity index (χ2n) is 4.85. The van der Waals surface area contributed by atoms with Gasteiger partial charge in [0.05, 0.1) is 24.2 Å². The SMILES string of the molecule is CCOc1cccc([N+](=O)[O-])c1C(=O)NC(CO)C(C)C. The van der Waals surface area contributed by atoms with Crippen molar-refractivity contribution in [1.29, 1.82) is 0 Å². The third kappa shape index (κ3) is 4.16. The summed E-state index contributed by atoms with van der Waals surface area (Å²) in [4.78, 5) is 22.8. The first-order chi connectivity index (χ1) is 9.92. The van der Waals surface area contributed by atoms with Crippen molar-refractivity contribution in [2.24, 2.45) is 5.92 Å². The minimum absolute atomic E-state index is 0.00254. The molecule has 7 nitrogen and oxygen atoms in total. The van der Waals surface area contributed by atoms with Gasteiger partial charge < -0.3 is 15.2 Å². The molecule has 0 saturated carbocycles. The topological polar surface area (TPSA) is 102 Å². The molecule has 1 amide bonds. The van der Waals surface area contributed by atoms with Gasteiger partial charge in [-0.15, -0.1) is 0 Å². The van der Waals surface area contributed by atoms with Gasteiger partial charge in [-0.05, 0) is 18.9 Å². The van der Waals surface area contributed by atoms with Crippen molar-refractivity contribution in [3.63, 3.8) is 0 Å². The van der Waals surface area contributed by atoms with Gasteiger partial charge in [-0.25, -0.2) is 0 Å². The number of nitro benzene ring substituents is 1. The third-order valence-electron chi connectivity index (χ3n) is 3.05. The van der Waals surface area contributed by atoms with Crippen LogP contribution in [0.5, 0.6) is 5.75 Å². The van der Waals surface area contributed by atoms with E-state index in [1.165, 1.54) is 18.2 Å². The lowest BCUT2D eigenvalue weighted by Crippen LogP contribution is -2.41. The predicted octanol–water partition coefficient (Wildman–Crippen LogP) is 1.74. The number of nitro groups is 1. The molecule has 0 heterocycles. The molecule has 0 fully saturated rings. The second kappa shape index (κ2) is 7.58. The molecule has 1 unspecified atom stereocenters. The van der Waals surface area contributed by atoms with Crippen LogP contribution in [0, 0.1) is 16.0 Å². The molecule has 7 heteroatoms. The highest BCUT2D eigenvalue weighted by molar-refractivity contribution is 6.01. The largest absolute Gasteiger partial charge is 0.493 e. The molecule has 1 atom stereocenters. The van der Waals surface area contributed by atoms with Gasteiger partial charge in [0.15, 0.2) is 5.56 Å². The summed E-state index contributed by atoms with van der Waals surface area (Å²) in [6, 6.07) is 3.74. The van der Waals surface area contributed by atoms with E-state index in [1.54, 1.807) is 6.92 Å². The lowest BCUT2D eigenvalue weighted by atomic mass is 10.0. The predicted molar refractivity (Wildman–Crippen MR) is 77.4 cm³/mol. The molecule has 0 aliphatic heterocycles. The number of benzene rings is 1. The molecule has 1 aromatic rings. The number of carbonyl (C=O) groups excluding carboxylic acids is 1. The zero-order chi connectivity index (χ0) is 16.0. The van der Waals surface area contributed by atoms with Crippen LogP contribution in [0.3, 0.4) is 0 Å². The maximum Gasteiger partial charge on any atom is 0.285 e. The number of nitrogens with one attached hydrogen (secondary N) is 1. The molecule has 2 N–H and O–H groups in total. The molecule has 116 valence electrons. The molecule has 0 aromatic heterocycles. The number of ether oxygens (including phenoxy) is 1. The van der Waals surface area contributed by atoms with Crippen LogP contribution in [-0.2, 0) is 0 Å². The van der Waals surface area contributed by atoms with E-state index in [0.717, 1.165) is 0 Å². The average molecular weight is 296 g/mol. The van der Waals surface area contributed by atoms with Crippen LogP contribution >= 0.6 is 0 Å². The molecule has 0 aliphatic carbocycles. The number of aliphatic hydroxyl groups excluding tert-OH is 1. The Morgan fingerprint density at radius 3 is 2.62 bits per heavy atom. The minimum atomic E-state index is -0.626. The van der Waals surface area contributed by atoms with Crippen molar-refractivity contribution in [2.75, 3.05) is 13.2 Å². The van der Waals surface area contributed by atoms with Crippen LogP contribution < -0.4 is 10.1 Å². The summed E-state index contributed by atoms with van der Waals surface area (Å²) in [5.74, 6) is -0.472. The molecule has 1 rings (SSSR count). The molecule has 0 bridgehead atoms. The summed E-state index contributed by atoms with van der Waals surface area (Å²) in [7, 11) is 0. The first kappa shape index (κ1) is 16.9. The van der Waals surface area contributed by atoms with Crippen LogP contribution in [0.1, 0.15) is 31.1 Å². The van der Waals surface area contributed by atoms with Gasteiger partial charge in [0, 0.05) is 6.07 Å². The smallest absolute Gasteiger partial charge is 0.285 e.